The number of ether oxygens (including phenoxy) is 1. The van der Waals surface area contributed by atoms with Crippen LogP contribution in [0.1, 0.15) is 28.0 Å². The van der Waals surface area contributed by atoms with Crippen LogP contribution >= 0.6 is 0 Å². The molecular formula is C11H13NO3. The second kappa shape index (κ2) is 3.53. The maximum absolute atomic E-state index is 11.8. The summed E-state index contributed by atoms with van der Waals surface area (Å²) in [5.41, 5.74) is 2.02. The lowest BCUT2D eigenvalue weighted by Gasteiger charge is -2.08. The molecule has 2 rings (SSSR count). The van der Waals surface area contributed by atoms with Crippen LogP contribution in [0.25, 0.3) is 0 Å². The van der Waals surface area contributed by atoms with Gasteiger partial charge < -0.3 is 9.30 Å². The summed E-state index contributed by atoms with van der Waals surface area (Å²) in [7, 11) is 2.99. The van der Waals surface area contributed by atoms with Gasteiger partial charge in [0, 0.05) is 12.7 Å². The maximum Gasteiger partial charge on any atom is 0.343 e. The van der Waals surface area contributed by atoms with Gasteiger partial charge in [0.1, 0.15) is 5.56 Å². The van der Waals surface area contributed by atoms with E-state index in [0.29, 0.717) is 0 Å². The largest absolute Gasteiger partial charge is 0.465 e. The molecule has 0 bridgehead atoms. The Morgan fingerprint density at radius 3 is 2.87 bits per heavy atom. The number of esters is 1. The Labute approximate surface area is 87.5 Å². The molecule has 0 radical (unpaired) electrons. The summed E-state index contributed by atoms with van der Waals surface area (Å²) in [5.74, 6) is -0.551. The van der Waals surface area contributed by atoms with Crippen LogP contribution in [0.5, 0.6) is 0 Å². The van der Waals surface area contributed by atoms with Crippen LogP contribution in [0, 0.1) is 0 Å². The summed E-state index contributed by atoms with van der Waals surface area (Å²) < 4.78 is 6.14. The molecule has 4 nitrogen and oxygen atoms in total. The number of aromatic nitrogens is 1. The molecule has 80 valence electrons. The van der Waals surface area contributed by atoms with Gasteiger partial charge in [-0.15, -0.1) is 0 Å². The highest BCUT2D eigenvalue weighted by molar-refractivity contribution is 5.89. The van der Waals surface area contributed by atoms with Gasteiger partial charge in [0.15, 0.2) is 0 Å². The predicted octanol–water partition coefficient (Wildman–Crippen LogP) is 0.661. The average Bonchev–Trinajstić information content (AvgIpc) is 2.70. The van der Waals surface area contributed by atoms with Gasteiger partial charge >= 0.3 is 5.97 Å². The maximum atomic E-state index is 11.8. The van der Waals surface area contributed by atoms with E-state index in [-0.39, 0.29) is 11.1 Å². The van der Waals surface area contributed by atoms with E-state index >= 15 is 0 Å². The molecule has 0 saturated heterocycles. The van der Waals surface area contributed by atoms with Crippen molar-refractivity contribution in [2.45, 2.75) is 19.3 Å². The van der Waals surface area contributed by atoms with Gasteiger partial charge in [0.25, 0.3) is 5.56 Å². The molecule has 0 spiro atoms. The number of pyridine rings is 1. The third-order valence-electron chi connectivity index (χ3n) is 2.89. The molecule has 1 aliphatic carbocycles. The minimum absolute atomic E-state index is 0.139. The second-order valence-electron chi connectivity index (χ2n) is 3.74. The first-order valence-corrected chi connectivity index (χ1v) is 4.95. The number of carbonyl (C=O) groups excluding carboxylic acids is 1. The lowest BCUT2D eigenvalue weighted by molar-refractivity contribution is 0.0598. The Morgan fingerprint density at radius 2 is 2.20 bits per heavy atom. The van der Waals surface area contributed by atoms with Crippen molar-refractivity contribution in [2.24, 2.45) is 7.05 Å². The molecule has 0 unspecified atom stereocenters. The zero-order chi connectivity index (χ0) is 11.0. The number of rotatable bonds is 1. The normalized spacial score (nSPS) is 13.7. The van der Waals surface area contributed by atoms with Gasteiger partial charge in [-0.25, -0.2) is 4.79 Å². The standard InChI is InChI=1S/C11H13NO3/c1-12-9-5-3-4-7(9)6-8(10(12)13)11(14)15-2/h6H,3-5H2,1-2H3. The van der Waals surface area contributed by atoms with E-state index in [9.17, 15) is 9.59 Å². The molecule has 0 N–H and O–H groups in total. The van der Waals surface area contributed by atoms with E-state index in [1.807, 2.05) is 0 Å². The first-order chi connectivity index (χ1) is 7.15. The van der Waals surface area contributed by atoms with Crippen molar-refractivity contribution in [1.82, 2.24) is 4.57 Å². The van der Waals surface area contributed by atoms with Crippen LogP contribution in [0.2, 0.25) is 0 Å². The molecule has 0 atom stereocenters. The Hall–Kier alpha value is -1.58. The lowest BCUT2D eigenvalue weighted by atomic mass is 10.1. The van der Waals surface area contributed by atoms with Gasteiger partial charge in [-0.2, -0.15) is 0 Å². The minimum atomic E-state index is -0.551. The summed E-state index contributed by atoms with van der Waals surface area (Å²) in [5, 5.41) is 0. The van der Waals surface area contributed by atoms with Crippen molar-refractivity contribution in [3.8, 4) is 0 Å². The Morgan fingerprint density at radius 1 is 1.47 bits per heavy atom. The molecule has 4 heteroatoms. The fourth-order valence-corrected chi connectivity index (χ4v) is 2.09. The number of hydrogen-bond acceptors (Lipinski definition) is 3. The van der Waals surface area contributed by atoms with Crippen LogP contribution in [-0.2, 0) is 24.6 Å². The third kappa shape index (κ3) is 1.46. The lowest BCUT2D eigenvalue weighted by Crippen LogP contribution is -2.27. The van der Waals surface area contributed by atoms with Crippen LogP contribution in [0.3, 0.4) is 0 Å². The summed E-state index contributed by atoms with van der Waals surface area (Å²) in [6.07, 6.45) is 2.91. The molecular weight excluding hydrogens is 194 g/mol. The predicted molar refractivity (Wildman–Crippen MR) is 55.0 cm³/mol. The average molecular weight is 207 g/mol. The summed E-state index contributed by atoms with van der Waals surface area (Å²) in [6, 6.07) is 1.68. The van der Waals surface area contributed by atoms with Crippen molar-refractivity contribution < 1.29 is 9.53 Å². The molecule has 0 aliphatic heterocycles. The number of fused-ring (bicyclic) bond motifs is 1. The third-order valence-corrected chi connectivity index (χ3v) is 2.89. The van der Waals surface area contributed by atoms with Gasteiger partial charge in [-0.1, -0.05) is 0 Å². The van der Waals surface area contributed by atoms with Crippen molar-refractivity contribution >= 4 is 5.97 Å². The highest BCUT2D eigenvalue weighted by atomic mass is 16.5. The number of nitrogens with zero attached hydrogens (tertiary/aromatic N) is 1. The van der Waals surface area contributed by atoms with Crippen LogP contribution in [-0.4, -0.2) is 17.6 Å². The first kappa shape index (κ1) is 9.96. The van der Waals surface area contributed by atoms with Crippen molar-refractivity contribution in [3.05, 3.63) is 33.2 Å². The second-order valence-corrected chi connectivity index (χ2v) is 3.74. The van der Waals surface area contributed by atoms with E-state index in [4.69, 9.17) is 0 Å². The van der Waals surface area contributed by atoms with Crippen LogP contribution < -0.4 is 5.56 Å². The summed E-state index contributed by atoms with van der Waals surface area (Å²) in [4.78, 5) is 23.1. The highest BCUT2D eigenvalue weighted by Crippen LogP contribution is 2.20. The number of aryl methyl sites for hydroxylation is 1. The Bertz CT molecular complexity index is 473. The zero-order valence-electron chi connectivity index (χ0n) is 8.87. The van der Waals surface area contributed by atoms with Gasteiger partial charge in [0.05, 0.1) is 7.11 Å². The fraction of sp³-hybridized carbons (Fsp3) is 0.455. The number of methoxy groups -OCH3 is 1. The molecule has 0 fully saturated rings. The minimum Gasteiger partial charge on any atom is -0.465 e. The number of hydrogen-bond donors (Lipinski definition) is 0. The summed E-state index contributed by atoms with van der Waals surface area (Å²) in [6.45, 7) is 0. The van der Waals surface area contributed by atoms with E-state index in [2.05, 4.69) is 4.74 Å². The highest BCUT2D eigenvalue weighted by Gasteiger charge is 2.20. The van der Waals surface area contributed by atoms with Crippen molar-refractivity contribution in [3.63, 3.8) is 0 Å². The molecule has 1 aromatic heterocycles. The van der Waals surface area contributed by atoms with Crippen molar-refractivity contribution in [2.75, 3.05) is 7.11 Å². The van der Waals surface area contributed by atoms with Gasteiger partial charge in [0.2, 0.25) is 0 Å². The quantitative estimate of drug-likeness (QED) is 0.635. The topological polar surface area (TPSA) is 48.3 Å². The van der Waals surface area contributed by atoms with Crippen LogP contribution in [0.15, 0.2) is 10.9 Å². The van der Waals surface area contributed by atoms with E-state index in [1.54, 1.807) is 17.7 Å². The first-order valence-electron chi connectivity index (χ1n) is 4.95. The SMILES string of the molecule is COC(=O)c1cc2c(n(C)c1=O)CCC2. The van der Waals surface area contributed by atoms with E-state index in [0.717, 1.165) is 30.5 Å². The molecule has 0 amide bonds. The number of carbonyl (C=O) groups is 1. The molecule has 1 aromatic rings. The Balaban J connectivity index is 2.64. The molecule has 1 heterocycles. The molecule has 1 aliphatic rings. The smallest absolute Gasteiger partial charge is 0.343 e. The Kier molecular flexibility index (Phi) is 2.34. The van der Waals surface area contributed by atoms with Gasteiger partial charge in [-0.3, -0.25) is 4.79 Å². The molecule has 0 saturated carbocycles. The fourth-order valence-electron chi connectivity index (χ4n) is 2.09. The molecule has 15 heavy (non-hydrogen) atoms. The monoisotopic (exact) mass is 207 g/mol. The molecule has 0 aromatic carbocycles. The van der Waals surface area contributed by atoms with Crippen LogP contribution in [0.4, 0.5) is 0 Å². The summed E-state index contributed by atoms with van der Waals surface area (Å²) >= 11 is 0. The van der Waals surface area contributed by atoms with E-state index in [1.165, 1.54) is 7.11 Å². The van der Waals surface area contributed by atoms with Crippen molar-refractivity contribution in [1.29, 1.82) is 0 Å². The van der Waals surface area contributed by atoms with E-state index < -0.39 is 5.97 Å². The zero-order valence-corrected chi connectivity index (χ0v) is 8.87. The van der Waals surface area contributed by atoms with Gasteiger partial charge in [-0.05, 0) is 30.9 Å².